The van der Waals surface area contributed by atoms with Crippen LogP contribution in [0.5, 0.6) is 0 Å². The average Bonchev–Trinajstić information content (AvgIpc) is 2.88. The molecule has 2 aliphatic rings. The van der Waals surface area contributed by atoms with Crippen LogP contribution in [-0.4, -0.2) is 58.5 Å². The lowest BCUT2D eigenvalue weighted by molar-refractivity contribution is -0.115. The molecule has 3 heterocycles. The van der Waals surface area contributed by atoms with E-state index in [-0.39, 0.29) is 28.7 Å². The zero-order valence-corrected chi connectivity index (χ0v) is 13.4. The van der Waals surface area contributed by atoms with Crippen molar-refractivity contribution >= 4 is 38.9 Å². The molecule has 0 aromatic carbocycles. The van der Waals surface area contributed by atoms with Gasteiger partial charge in [0.1, 0.15) is 0 Å². The number of sulfone groups is 1. The van der Waals surface area contributed by atoms with Crippen LogP contribution < -0.4 is 0 Å². The fourth-order valence-corrected chi connectivity index (χ4v) is 6.27. The third-order valence-corrected chi connectivity index (χ3v) is 6.53. The summed E-state index contributed by atoms with van der Waals surface area (Å²) in [5, 5.41) is 6.24. The third kappa shape index (κ3) is 3.20. The summed E-state index contributed by atoms with van der Waals surface area (Å²) in [5.74, 6) is -0.190. The van der Waals surface area contributed by atoms with E-state index >= 15 is 0 Å². The van der Waals surface area contributed by atoms with E-state index in [0.717, 1.165) is 5.56 Å². The zero-order chi connectivity index (χ0) is 15.7. The van der Waals surface area contributed by atoms with Crippen LogP contribution in [0, 0.1) is 0 Å². The molecule has 9 heteroatoms. The van der Waals surface area contributed by atoms with E-state index < -0.39 is 9.84 Å². The summed E-state index contributed by atoms with van der Waals surface area (Å²) in [6.45, 7) is 1.36. The Morgan fingerprint density at radius 1 is 1.41 bits per heavy atom. The van der Waals surface area contributed by atoms with Gasteiger partial charge < -0.3 is 0 Å². The Balaban J connectivity index is 1.89. The molecular weight excluding hydrogens is 324 g/mol. The van der Waals surface area contributed by atoms with E-state index in [1.165, 1.54) is 18.7 Å². The number of carbonyl (C=O) groups is 1. The van der Waals surface area contributed by atoms with E-state index in [9.17, 15) is 13.2 Å². The van der Waals surface area contributed by atoms with Crippen LogP contribution >= 0.6 is 11.8 Å². The van der Waals surface area contributed by atoms with Gasteiger partial charge in [0, 0.05) is 19.3 Å². The molecule has 2 atom stereocenters. The standard InChI is InChI=1S/C13H14N4O3S2/c1-9(18)16-13-17(15-6-10-2-4-14-5-3-10)11-7-22(19,20)8-12(11)21-13/h2-6,11-12H,7-8H2,1H3/b15-6-,16-13?/t11-,12+/m1/s1. The number of carbonyl (C=O) groups excluding carboxylic acids is 1. The first kappa shape index (κ1) is 15.2. The number of aromatic nitrogens is 1. The number of rotatable bonds is 2. The third-order valence-electron chi connectivity index (χ3n) is 3.33. The summed E-state index contributed by atoms with van der Waals surface area (Å²) in [6.07, 6.45) is 4.91. The molecule has 0 bridgehead atoms. The summed E-state index contributed by atoms with van der Waals surface area (Å²) < 4.78 is 23.6. The minimum absolute atomic E-state index is 0.0370. The highest BCUT2D eigenvalue weighted by Crippen LogP contribution is 2.38. The molecule has 22 heavy (non-hydrogen) atoms. The van der Waals surface area contributed by atoms with Crippen molar-refractivity contribution in [3.63, 3.8) is 0 Å². The van der Waals surface area contributed by atoms with Crippen molar-refractivity contribution in [2.24, 2.45) is 10.1 Å². The molecule has 3 rings (SSSR count). The number of amides is 1. The predicted octanol–water partition coefficient (Wildman–Crippen LogP) is 0.532. The Morgan fingerprint density at radius 3 is 2.82 bits per heavy atom. The molecule has 2 saturated heterocycles. The topological polar surface area (TPSA) is 92.1 Å². The number of aliphatic imine (C=N–C) groups is 1. The van der Waals surface area contributed by atoms with E-state index in [1.54, 1.807) is 35.7 Å². The Morgan fingerprint density at radius 2 is 2.14 bits per heavy atom. The van der Waals surface area contributed by atoms with Crippen LogP contribution in [0.4, 0.5) is 0 Å². The first-order valence-corrected chi connectivity index (χ1v) is 9.34. The quantitative estimate of drug-likeness (QED) is 0.731. The van der Waals surface area contributed by atoms with E-state index in [4.69, 9.17) is 0 Å². The maximum absolute atomic E-state index is 11.8. The van der Waals surface area contributed by atoms with Crippen molar-refractivity contribution in [1.82, 2.24) is 9.99 Å². The summed E-state index contributed by atoms with van der Waals surface area (Å²) in [4.78, 5) is 19.1. The van der Waals surface area contributed by atoms with Crippen molar-refractivity contribution in [2.75, 3.05) is 11.5 Å². The second kappa shape index (κ2) is 5.81. The number of hydrogen-bond donors (Lipinski definition) is 0. The summed E-state index contributed by atoms with van der Waals surface area (Å²) >= 11 is 1.30. The van der Waals surface area contributed by atoms with Crippen LogP contribution in [0.25, 0.3) is 0 Å². The van der Waals surface area contributed by atoms with Crippen LogP contribution in [-0.2, 0) is 14.6 Å². The number of fused-ring (bicyclic) bond motifs is 1. The second-order valence-corrected chi connectivity index (χ2v) is 8.44. The van der Waals surface area contributed by atoms with Crippen molar-refractivity contribution in [2.45, 2.75) is 18.2 Å². The second-order valence-electron chi connectivity index (χ2n) is 5.08. The highest BCUT2D eigenvalue weighted by atomic mass is 32.2. The largest absolute Gasteiger partial charge is 0.273 e. The van der Waals surface area contributed by atoms with Gasteiger partial charge in [0.2, 0.25) is 5.91 Å². The van der Waals surface area contributed by atoms with Crippen LogP contribution in [0.3, 0.4) is 0 Å². The van der Waals surface area contributed by atoms with Gasteiger partial charge in [0.05, 0.1) is 29.0 Å². The molecule has 0 N–H and O–H groups in total. The lowest BCUT2D eigenvalue weighted by Gasteiger charge is -2.17. The Kier molecular flexibility index (Phi) is 4.00. The van der Waals surface area contributed by atoms with Gasteiger partial charge in [0.25, 0.3) is 0 Å². The minimum Gasteiger partial charge on any atom is -0.273 e. The van der Waals surface area contributed by atoms with Crippen LogP contribution in [0.2, 0.25) is 0 Å². The first-order chi connectivity index (χ1) is 10.4. The number of pyridine rings is 1. The van der Waals surface area contributed by atoms with Gasteiger partial charge in [-0.2, -0.15) is 10.1 Å². The molecule has 2 fully saturated rings. The van der Waals surface area contributed by atoms with Gasteiger partial charge in [-0.15, -0.1) is 0 Å². The van der Waals surface area contributed by atoms with Gasteiger partial charge >= 0.3 is 0 Å². The zero-order valence-electron chi connectivity index (χ0n) is 11.8. The molecule has 116 valence electrons. The minimum atomic E-state index is -3.06. The molecule has 0 radical (unpaired) electrons. The molecule has 1 aromatic rings. The van der Waals surface area contributed by atoms with Crippen molar-refractivity contribution in [1.29, 1.82) is 0 Å². The first-order valence-electron chi connectivity index (χ1n) is 6.64. The molecular formula is C13H14N4O3S2. The summed E-state index contributed by atoms with van der Waals surface area (Å²) in [6, 6.07) is 3.31. The SMILES string of the molecule is CC(=O)N=C1S[C@H]2CS(=O)(=O)C[C@H]2N1/N=C\c1ccncc1. The van der Waals surface area contributed by atoms with Gasteiger partial charge in [0.15, 0.2) is 15.0 Å². The van der Waals surface area contributed by atoms with E-state index in [0.29, 0.717) is 5.17 Å². The lowest BCUT2D eigenvalue weighted by atomic mass is 10.2. The lowest BCUT2D eigenvalue weighted by Crippen LogP contribution is -2.33. The van der Waals surface area contributed by atoms with Crippen molar-refractivity contribution in [3.8, 4) is 0 Å². The smallest absolute Gasteiger partial charge is 0.245 e. The summed E-state index contributed by atoms with van der Waals surface area (Å²) in [5.41, 5.74) is 0.839. The van der Waals surface area contributed by atoms with Gasteiger partial charge in [-0.25, -0.2) is 13.4 Å². The monoisotopic (exact) mass is 338 g/mol. The molecule has 1 aromatic heterocycles. The molecule has 0 aliphatic carbocycles. The van der Waals surface area contributed by atoms with Gasteiger partial charge in [-0.3, -0.25) is 9.78 Å². The number of hydrazone groups is 1. The Hall–Kier alpha value is -1.74. The fraction of sp³-hybridized carbons (Fsp3) is 0.385. The highest BCUT2D eigenvalue weighted by molar-refractivity contribution is 8.15. The average molecular weight is 338 g/mol. The molecule has 0 spiro atoms. The number of hydrogen-bond acceptors (Lipinski definition) is 6. The van der Waals surface area contributed by atoms with Gasteiger partial charge in [-0.05, 0) is 17.7 Å². The number of nitrogens with zero attached hydrogens (tertiary/aromatic N) is 4. The number of thioether (sulfide) groups is 1. The number of amidine groups is 1. The maximum atomic E-state index is 11.8. The molecule has 0 unspecified atom stereocenters. The van der Waals surface area contributed by atoms with Crippen molar-refractivity contribution < 1.29 is 13.2 Å². The Bertz CT molecular complexity index is 746. The molecule has 1 amide bonds. The van der Waals surface area contributed by atoms with Crippen LogP contribution in [0.1, 0.15) is 12.5 Å². The predicted molar refractivity (Wildman–Crippen MR) is 85.6 cm³/mol. The van der Waals surface area contributed by atoms with Gasteiger partial charge in [-0.1, -0.05) is 11.8 Å². The van der Waals surface area contributed by atoms with E-state index in [2.05, 4.69) is 15.1 Å². The molecule has 7 nitrogen and oxygen atoms in total. The molecule has 2 aliphatic heterocycles. The highest BCUT2D eigenvalue weighted by Gasteiger charge is 2.49. The van der Waals surface area contributed by atoms with Crippen LogP contribution in [0.15, 0.2) is 34.6 Å². The molecule has 0 saturated carbocycles. The summed E-state index contributed by atoms with van der Waals surface area (Å²) in [7, 11) is -3.06. The Labute approximate surface area is 132 Å². The fourth-order valence-electron chi connectivity index (χ4n) is 2.39. The van der Waals surface area contributed by atoms with E-state index in [1.807, 2.05) is 0 Å². The maximum Gasteiger partial charge on any atom is 0.245 e. The van der Waals surface area contributed by atoms with Crippen molar-refractivity contribution in [3.05, 3.63) is 30.1 Å². The normalized spacial score (nSPS) is 28.4.